The number of hydrogen-bond acceptors (Lipinski definition) is 5. The van der Waals surface area contributed by atoms with E-state index in [1.54, 1.807) is 17.0 Å². The van der Waals surface area contributed by atoms with Gasteiger partial charge in [0, 0.05) is 42.9 Å². The van der Waals surface area contributed by atoms with E-state index in [0.29, 0.717) is 18.7 Å². The highest BCUT2D eigenvalue weighted by Crippen LogP contribution is 2.23. The fraction of sp³-hybridized carbons (Fsp3) is 0.320. The molecule has 0 spiro atoms. The van der Waals surface area contributed by atoms with Gasteiger partial charge in [0.1, 0.15) is 11.9 Å². The predicted octanol–water partition coefficient (Wildman–Crippen LogP) is 4.53. The monoisotopic (exact) mass is 484 g/mol. The number of nitrogens with zero attached hydrogens (tertiary/aromatic N) is 1. The van der Waals surface area contributed by atoms with Gasteiger partial charge in [0.2, 0.25) is 10.0 Å². The number of nitrogens with one attached hydrogen (secondary N) is 1. The third-order valence-corrected chi connectivity index (χ3v) is 8.23. The molecule has 1 aliphatic rings. The maximum absolute atomic E-state index is 12.9. The molecule has 8 heteroatoms. The van der Waals surface area contributed by atoms with Crippen molar-refractivity contribution in [3.05, 3.63) is 81.5 Å². The molecule has 2 aromatic carbocycles. The summed E-state index contributed by atoms with van der Waals surface area (Å²) in [5.74, 6) is 0.780. The molecular weight excluding hydrogens is 456 g/mol. The van der Waals surface area contributed by atoms with Crippen LogP contribution in [0.5, 0.6) is 5.75 Å². The molecule has 1 amide bonds. The molecule has 0 aliphatic carbocycles. The van der Waals surface area contributed by atoms with Crippen molar-refractivity contribution in [2.24, 2.45) is 0 Å². The lowest BCUT2D eigenvalue weighted by Gasteiger charge is -2.32. The van der Waals surface area contributed by atoms with Gasteiger partial charge in [0.15, 0.2) is 0 Å². The highest BCUT2D eigenvalue weighted by atomic mass is 32.2. The number of carbonyl (C=O) groups is 1. The van der Waals surface area contributed by atoms with Crippen molar-refractivity contribution >= 4 is 27.3 Å². The largest absolute Gasteiger partial charge is 0.490 e. The Morgan fingerprint density at radius 3 is 2.42 bits per heavy atom. The van der Waals surface area contributed by atoms with Crippen LogP contribution in [0.25, 0.3) is 0 Å². The minimum atomic E-state index is -3.63. The minimum Gasteiger partial charge on any atom is -0.490 e. The number of thiophene rings is 1. The first-order valence-corrected chi connectivity index (χ1v) is 13.3. The van der Waals surface area contributed by atoms with E-state index in [1.807, 2.05) is 23.6 Å². The van der Waals surface area contributed by atoms with Crippen LogP contribution in [0.1, 0.15) is 39.2 Å². The van der Waals surface area contributed by atoms with Crippen molar-refractivity contribution in [1.29, 1.82) is 0 Å². The third-order valence-electron chi connectivity index (χ3n) is 5.94. The normalized spacial score (nSPS) is 14.9. The Morgan fingerprint density at radius 1 is 1.06 bits per heavy atom. The van der Waals surface area contributed by atoms with E-state index >= 15 is 0 Å². The highest BCUT2D eigenvalue weighted by molar-refractivity contribution is 7.89. The predicted molar refractivity (Wildman–Crippen MR) is 130 cm³/mol. The highest BCUT2D eigenvalue weighted by Gasteiger charge is 2.25. The zero-order valence-corrected chi connectivity index (χ0v) is 20.4. The van der Waals surface area contributed by atoms with Crippen molar-refractivity contribution in [3.8, 4) is 5.75 Å². The number of aryl methyl sites for hydroxylation is 2. The lowest BCUT2D eigenvalue weighted by molar-refractivity contribution is 0.0595. The van der Waals surface area contributed by atoms with E-state index in [1.165, 1.54) is 34.6 Å². The molecule has 1 N–H and O–H groups in total. The van der Waals surface area contributed by atoms with Crippen molar-refractivity contribution in [2.75, 3.05) is 13.1 Å². The molecule has 33 heavy (non-hydrogen) atoms. The molecule has 1 saturated heterocycles. The number of rotatable bonds is 7. The average molecular weight is 485 g/mol. The van der Waals surface area contributed by atoms with E-state index in [9.17, 15) is 13.2 Å². The Hall–Kier alpha value is -2.68. The third kappa shape index (κ3) is 5.82. The fourth-order valence-corrected chi connectivity index (χ4v) is 5.52. The minimum absolute atomic E-state index is 0.0816. The van der Waals surface area contributed by atoms with Gasteiger partial charge < -0.3 is 9.64 Å². The first kappa shape index (κ1) is 23.5. The molecular formula is C25H28N2O4S2. The summed E-state index contributed by atoms with van der Waals surface area (Å²) in [7, 11) is -3.63. The number of piperidine rings is 1. The Labute approximate surface area is 199 Å². The first-order chi connectivity index (χ1) is 15.8. The van der Waals surface area contributed by atoms with Crippen LogP contribution in [-0.4, -0.2) is 38.4 Å². The summed E-state index contributed by atoms with van der Waals surface area (Å²) in [5.41, 5.74) is 2.92. The number of benzene rings is 2. The van der Waals surface area contributed by atoms with E-state index in [2.05, 4.69) is 30.7 Å². The number of ether oxygens (including phenoxy) is 1. The van der Waals surface area contributed by atoms with Crippen LogP contribution in [0.15, 0.2) is 64.9 Å². The Morgan fingerprint density at radius 2 is 1.79 bits per heavy atom. The molecule has 2 heterocycles. The van der Waals surface area contributed by atoms with Gasteiger partial charge in [-0.3, -0.25) is 4.79 Å². The molecule has 0 bridgehead atoms. The lowest BCUT2D eigenvalue weighted by Crippen LogP contribution is -2.41. The fourth-order valence-electron chi connectivity index (χ4n) is 3.78. The molecule has 6 nitrogen and oxygen atoms in total. The van der Waals surface area contributed by atoms with Crippen LogP contribution in [0.4, 0.5) is 0 Å². The van der Waals surface area contributed by atoms with E-state index < -0.39 is 10.0 Å². The number of sulfonamides is 1. The summed E-state index contributed by atoms with van der Waals surface area (Å²) in [6.07, 6.45) is 1.60. The van der Waals surface area contributed by atoms with Crippen LogP contribution in [0, 0.1) is 13.8 Å². The average Bonchev–Trinajstić information content (AvgIpc) is 3.34. The van der Waals surface area contributed by atoms with Crippen LogP contribution in [0.2, 0.25) is 0 Å². The van der Waals surface area contributed by atoms with Gasteiger partial charge in [-0.25, -0.2) is 13.1 Å². The number of carbonyl (C=O) groups excluding carboxylic acids is 1. The molecule has 3 aromatic rings. The molecule has 1 fully saturated rings. The van der Waals surface area contributed by atoms with Gasteiger partial charge >= 0.3 is 0 Å². The van der Waals surface area contributed by atoms with Gasteiger partial charge in [-0.05, 0) is 72.8 Å². The summed E-state index contributed by atoms with van der Waals surface area (Å²) in [6, 6.07) is 16.0. The van der Waals surface area contributed by atoms with Crippen LogP contribution in [0.3, 0.4) is 0 Å². The molecule has 1 aliphatic heterocycles. The van der Waals surface area contributed by atoms with Gasteiger partial charge in [-0.1, -0.05) is 12.1 Å². The second kappa shape index (κ2) is 10.1. The Bertz CT molecular complexity index is 1200. The molecule has 0 unspecified atom stereocenters. The summed E-state index contributed by atoms with van der Waals surface area (Å²) >= 11 is 1.50. The summed E-state index contributed by atoms with van der Waals surface area (Å²) in [5, 5.41) is 1.91. The summed E-state index contributed by atoms with van der Waals surface area (Å²) in [6.45, 7) is 5.61. The molecule has 0 saturated carbocycles. The zero-order chi connectivity index (χ0) is 23.4. The lowest BCUT2D eigenvalue weighted by atomic mass is 10.1. The van der Waals surface area contributed by atoms with Gasteiger partial charge in [-0.2, -0.15) is 0 Å². The van der Waals surface area contributed by atoms with E-state index in [4.69, 9.17) is 4.74 Å². The first-order valence-electron chi connectivity index (χ1n) is 11.0. The van der Waals surface area contributed by atoms with Gasteiger partial charge in [-0.15, -0.1) is 11.3 Å². The van der Waals surface area contributed by atoms with E-state index in [-0.39, 0.29) is 23.5 Å². The molecule has 174 valence electrons. The topological polar surface area (TPSA) is 75.7 Å². The molecule has 1 aromatic heterocycles. The summed E-state index contributed by atoms with van der Waals surface area (Å²) < 4.78 is 33.8. The smallest absolute Gasteiger partial charge is 0.253 e. The summed E-state index contributed by atoms with van der Waals surface area (Å²) in [4.78, 5) is 15.8. The Balaban J connectivity index is 1.31. The van der Waals surface area contributed by atoms with Crippen LogP contribution < -0.4 is 9.46 Å². The van der Waals surface area contributed by atoms with Crippen molar-refractivity contribution < 1.29 is 17.9 Å². The van der Waals surface area contributed by atoms with Crippen molar-refractivity contribution in [2.45, 2.75) is 44.2 Å². The standard InChI is InChI=1S/C25H28N2O4S2/c1-18-5-8-22(16-19(18)2)31-21-11-13-27(14-12-21)25(28)20-6-9-24(10-7-20)33(29,30)26-17-23-4-3-15-32-23/h3-10,15-16,21,26H,11-14,17H2,1-2H3. The van der Waals surface area contributed by atoms with Crippen molar-refractivity contribution in [1.82, 2.24) is 9.62 Å². The van der Waals surface area contributed by atoms with Crippen LogP contribution in [-0.2, 0) is 16.6 Å². The molecule has 0 radical (unpaired) electrons. The van der Waals surface area contributed by atoms with Crippen LogP contribution >= 0.6 is 11.3 Å². The number of amides is 1. The van der Waals surface area contributed by atoms with Gasteiger partial charge in [0.25, 0.3) is 5.91 Å². The SMILES string of the molecule is Cc1ccc(OC2CCN(C(=O)c3ccc(S(=O)(=O)NCc4cccs4)cc3)CC2)cc1C. The molecule has 0 atom stereocenters. The number of hydrogen-bond donors (Lipinski definition) is 1. The second-order valence-corrected chi connectivity index (χ2v) is 11.1. The zero-order valence-electron chi connectivity index (χ0n) is 18.8. The molecule has 4 rings (SSSR count). The van der Waals surface area contributed by atoms with Gasteiger partial charge in [0.05, 0.1) is 4.90 Å². The Kier molecular flexibility index (Phi) is 7.17. The quantitative estimate of drug-likeness (QED) is 0.535. The second-order valence-electron chi connectivity index (χ2n) is 8.28. The maximum atomic E-state index is 12.9. The number of likely N-dealkylation sites (tertiary alicyclic amines) is 1. The van der Waals surface area contributed by atoms with E-state index in [0.717, 1.165) is 23.5 Å². The maximum Gasteiger partial charge on any atom is 0.253 e. The van der Waals surface area contributed by atoms with Crippen molar-refractivity contribution in [3.63, 3.8) is 0 Å².